The molecule has 4 aromatic heterocycles. The molecule has 5 heteroatoms. The van der Waals surface area contributed by atoms with E-state index in [0.717, 1.165) is 38.9 Å². The monoisotopic (exact) mass is 471 g/mol. The zero-order valence-electron chi connectivity index (χ0n) is 21.1. The van der Waals surface area contributed by atoms with E-state index in [-0.39, 0.29) is 0 Å². The summed E-state index contributed by atoms with van der Waals surface area (Å²) in [6.07, 6.45) is 11.6. The first kappa shape index (κ1) is 22.2. The fraction of sp³-hybridized carbons (Fsp3) is 0.194. The molecule has 0 aliphatic carbocycles. The van der Waals surface area contributed by atoms with E-state index in [2.05, 4.69) is 102 Å². The maximum Gasteiger partial charge on any atom is 0.144 e. The fourth-order valence-corrected chi connectivity index (χ4v) is 5.22. The van der Waals surface area contributed by atoms with Crippen molar-refractivity contribution < 1.29 is 0 Å². The smallest absolute Gasteiger partial charge is 0.144 e. The molecule has 0 saturated heterocycles. The highest BCUT2D eigenvalue weighted by molar-refractivity contribution is 6.08. The lowest BCUT2D eigenvalue weighted by Crippen LogP contribution is -2.10. The number of aromatic nitrogens is 5. The molecular formula is C31H29N5. The second kappa shape index (κ2) is 8.76. The summed E-state index contributed by atoms with van der Waals surface area (Å²) in [6.45, 7) is 9.08. The van der Waals surface area contributed by atoms with Crippen molar-refractivity contribution >= 4 is 21.8 Å². The van der Waals surface area contributed by atoms with Gasteiger partial charge in [0.1, 0.15) is 5.82 Å². The van der Waals surface area contributed by atoms with Crippen LogP contribution < -0.4 is 0 Å². The van der Waals surface area contributed by atoms with Crippen molar-refractivity contribution in [3.05, 3.63) is 103 Å². The SMILES string of the molecule is CC(C)c1cc(-n2c3ccncc3c3cnccc32)cc(C(C)C)c1-n1ccnc1-c1ccccc1. The van der Waals surface area contributed by atoms with Crippen LogP contribution in [0.5, 0.6) is 0 Å². The Labute approximate surface area is 211 Å². The van der Waals surface area contributed by atoms with E-state index in [9.17, 15) is 0 Å². The first-order chi connectivity index (χ1) is 17.5. The molecule has 6 rings (SSSR count). The van der Waals surface area contributed by atoms with Gasteiger partial charge < -0.3 is 4.57 Å². The third-order valence-electron chi connectivity index (χ3n) is 6.94. The van der Waals surface area contributed by atoms with E-state index in [4.69, 9.17) is 4.98 Å². The summed E-state index contributed by atoms with van der Waals surface area (Å²) in [5.41, 5.74) is 8.36. The molecule has 0 fully saturated rings. The third kappa shape index (κ3) is 3.51. The van der Waals surface area contributed by atoms with Crippen LogP contribution in [0, 0.1) is 0 Å². The van der Waals surface area contributed by atoms with E-state index in [0.29, 0.717) is 11.8 Å². The number of pyridine rings is 2. The van der Waals surface area contributed by atoms with Crippen LogP contribution in [0.3, 0.4) is 0 Å². The second-order valence-electron chi connectivity index (χ2n) is 9.89. The molecule has 0 N–H and O–H groups in total. The summed E-state index contributed by atoms with van der Waals surface area (Å²) in [4.78, 5) is 13.6. The van der Waals surface area contributed by atoms with Crippen LogP contribution in [0.2, 0.25) is 0 Å². The Bertz CT molecular complexity index is 1610. The van der Waals surface area contributed by atoms with Gasteiger partial charge in [-0.3, -0.25) is 14.5 Å². The fourth-order valence-electron chi connectivity index (χ4n) is 5.22. The lowest BCUT2D eigenvalue weighted by Gasteiger charge is -2.24. The van der Waals surface area contributed by atoms with Gasteiger partial charge in [-0.25, -0.2) is 4.98 Å². The molecule has 0 bridgehead atoms. The molecule has 178 valence electrons. The van der Waals surface area contributed by atoms with E-state index >= 15 is 0 Å². The predicted octanol–water partition coefficient (Wildman–Crippen LogP) is 7.67. The highest BCUT2D eigenvalue weighted by atomic mass is 15.1. The van der Waals surface area contributed by atoms with Gasteiger partial charge in [0.05, 0.1) is 16.7 Å². The molecule has 5 nitrogen and oxygen atoms in total. The molecule has 6 aromatic rings. The van der Waals surface area contributed by atoms with Crippen LogP contribution in [0.1, 0.15) is 50.7 Å². The Balaban J connectivity index is 1.67. The third-order valence-corrected chi connectivity index (χ3v) is 6.94. The number of benzene rings is 2. The molecule has 0 radical (unpaired) electrons. The topological polar surface area (TPSA) is 48.5 Å². The van der Waals surface area contributed by atoms with Crippen LogP contribution in [-0.2, 0) is 0 Å². The van der Waals surface area contributed by atoms with Crippen molar-refractivity contribution in [1.82, 2.24) is 24.1 Å². The Hall–Kier alpha value is -4.25. The van der Waals surface area contributed by atoms with Crippen LogP contribution >= 0.6 is 0 Å². The zero-order valence-corrected chi connectivity index (χ0v) is 21.1. The van der Waals surface area contributed by atoms with E-state index < -0.39 is 0 Å². The van der Waals surface area contributed by atoms with Gasteiger partial charge in [-0.2, -0.15) is 0 Å². The minimum Gasteiger partial charge on any atom is -0.309 e. The maximum absolute atomic E-state index is 4.76. The highest BCUT2D eigenvalue weighted by Crippen LogP contribution is 2.38. The molecule has 36 heavy (non-hydrogen) atoms. The Morgan fingerprint density at radius 3 is 1.83 bits per heavy atom. The molecular weight excluding hydrogens is 442 g/mol. The predicted molar refractivity (Wildman–Crippen MR) is 147 cm³/mol. The van der Waals surface area contributed by atoms with Gasteiger partial charge in [0, 0.05) is 59.2 Å². The largest absolute Gasteiger partial charge is 0.309 e. The molecule has 4 heterocycles. The number of hydrogen-bond acceptors (Lipinski definition) is 3. The van der Waals surface area contributed by atoms with Gasteiger partial charge in [-0.05, 0) is 47.2 Å². The summed E-state index contributed by atoms with van der Waals surface area (Å²) in [5, 5.41) is 2.23. The minimum atomic E-state index is 0.319. The van der Waals surface area contributed by atoms with Gasteiger partial charge in [0.25, 0.3) is 0 Å². The van der Waals surface area contributed by atoms with Gasteiger partial charge in [-0.1, -0.05) is 58.0 Å². The van der Waals surface area contributed by atoms with Crippen molar-refractivity contribution in [1.29, 1.82) is 0 Å². The quantitative estimate of drug-likeness (QED) is 0.259. The number of imidazole rings is 1. The Kier molecular flexibility index (Phi) is 5.41. The number of fused-ring (bicyclic) bond motifs is 3. The number of rotatable bonds is 5. The summed E-state index contributed by atoms with van der Waals surface area (Å²) in [7, 11) is 0. The van der Waals surface area contributed by atoms with Gasteiger partial charge in [-0.15, -0.1) is 0 Å². The molecule has 0 spiro atoms. The van der Waals surface area contributed by atoms with Gasteiger partial charge in [0.2, 0.25) is 0 Å². The van der Waals surface area contributed by atoms with E-state index in [1.54, 1.807) is 0 Å². The minimum absolute atomic E-state index is 0.319. The standard InChI is InChI=1S/C31H29N5/c1-20(2)24-16-23(36-28-10-12-32-18-26(28)27-19-33-13-11-29(27)36)17-25(21(3)4)30(24)35-15-14-34-31(35)22-8-6-5-7-9-22/h5-21H,1-4H3. The molecule has 0 amide bonds. The van der Waals surface area contributed by atoms with Crippen LogP contribution in [0.15, 0.2) is 91.8 Å². The molecule has 0 atom stereocenters. The summed E-state index contributed by atoms with van der Waals surface area (Å²) in [5.74, 6) is 1.60. The normalized spacial score (nSPS) is 11.8. The van der Waals surface area contributed by atoms with Crippen LogP contribution in [-0.4, -0.2) is 24.1 Å². The Morgan fingerprint density at radius 1 is 0.694 bits per heavy atom. The second-order valence-corrected chi connectivity index (χ2v) is 9.89. The van der Waals surface area contributed by atoms with Crippen LogP contribution in [0.4, 0.5) is 0 Å². The lowest BCUT2D eigenvalue weighted by atomic mass is 9.91. The van der Waals surface area contributed by atoms with E-state index in [1.165, 1.54) is 16.8 Å². The maximum atomic E-state index is 4.76. The van der Waals surface area contributed by atoms with Crippen molar-refractivity contribution in [3.63, 3.8) is 0 Å². The molecule has 0 aliphatic heterocycles. The first-order valence-corrected chi connectivity index (χ1v) is 12.5. The van der Waals surface area contributed by atoms with Gasteiger partial charge in [0.15, 0.2) is 0 Å². The first-order valence-electron chi connectivity index (χ1n) is 12.5. The Morgan fingerprint density at radius 2 is 1.28 bits per heavy atom. The average molecular weight is 472 g/mol. The molecule has 2 aromatic carbocycles. The molecule has 0 aliphatic rings. The summed E-state index contributed by atoms with van der Waals surface area (Å²) < 4.78 is 4.62. The number of nitrogens with zero attached hydrogens (tertiary/aromatic N) is 5. The van der Waals surface area contributed by atoms with Crippen molar-refractivity contribution in [3.8, 4) is 22.8 Å². The van der Waals surface area contributed by atoms with Crippen molar-refractivity contribution in [2.24, 2.45) is 0 Å². The summed E-state index contributed by atoms with van der Waals surface area (Å²) >= 11 is 0. The summed E-state index contributed by atoms with van der Waals surface area (Å²) in [6, 6.07) is 19.3. The van der Waals surface area contributed by atoms with Crippen LogP contribution in [0.25, 0.3) is 44.6 Å². The highest BCUT2D eigenvalue weighted by Gasteiger charge is 2.22. The zero-order chi connectivity index (χ0) is 24.8. The molecule has 0 saturated carbocycles. The number of hydrogen-bond donors (Lipinski definition) is 0. The van der Waals surface area contributed by atoms with Crippen molar-refractivity contribution in [2.45, 2.75) is 39.5 Å². The van der Waals surface area contributed by atoms with E-state index in [1.807, 2.05) is 37.1 Å². The average Bonchev–Trinajstić information content (AvgIpc) is 3.51. The lowest BCUT2D eigenvalue weighted by molar-refractivity contribution is 0.803. The molecule has 0 unspecified atom stereocenters. The van der Waals surface area contributed by atoms with Crippen molar-refractivity contribution in [2.75, 3.05) is 0 Å². The van der Waals surface area contributed by atoms with Gasteiger partial charge >= 0.3 is 0 Å².